The molecule has 1 heterocycles. The van der Waals surface area contributed by atoms with Crippen LogP contribution >= 0.6 is 0 Å². The molecule has 1 saturated carbocycles. The smallest absolute Gasteiger partial charge is 0.165 e. The molecule has 6 heteroatoms. The lowest BCUT2D eigenvalue weighted by Crippen LogP contribution is -2.32. The molecule has 17 heavy (non-hydrogen) atoms. The summed E-state index contributed by atoms with van der Waals surface area (Å²) in [6, 6.07) is 0. The van der Waals surface area contributed by atoms with Crippen LogP contribution in [0.3, 0.4) is 0 Å². The summed E-state index contributed by atoms with van der Waals surface area (Å²) in [6.45, 7) is 5.47. The number of ether oxygens (including phenoxy) is 1. The Labute approximate surface area is 102 Å². The predicted octanol–water partition coefficient (Wildman–Crippen LogP) is 0.599. The Morgan fingerprint density at radius 3 is 2.94 bits per heavy atom. The molecule has 0 spiro atoms. The summed E-state index contributed by atoms with van der Waals surface area (Å²) in [5.41, 5.74) is 0.399. The quantitative estimate of drug-likeness (QED) is 0.706. The molecule has 1 aromatic rings. The number of tetrazole rings is 1. The molecule has 6 nitrogen and oxygen atoms in total. The van der Waals surface area contributed by atoms with Gasteiger partial charge in [0.2, 0.25) is 0 Å². The molecule has 1 N–H and O–H groups in total. The molecule has 2 rings (SSSR count). The van der Waals surface area contributed by atoms with Crippen molar-refractivity contribution in [3.05, 3.63) is 5.82 Å². The van der Waals surface area contributed by atoms with E-state index in [1.54, 1.807) is 7.11 Å². The lowest BCUT2D eigenvalue weighted by molar-refractivity contribution is 0.123. The third kappa shape index (κ3) is 3.23. The zero-order valence-corrected chi connectivity index (χ0v) is 10.6. The van der Waals surface area contributed by atoms with Crippen molar-refractivity contribution in [1.29, 1.82) is 0 Å². The van der Waals surface area contributed by atoms with Gasteiger partial charge in [0.05, 0.1) is 19.7 Å². The van der Waals surface area contributed by atoms with Gasteiger partial charge in [-0.05, 0) is 28.7 Å². The molecule has 0 bridgehead atoms. The molecule has 1 aromatic heterocycles. The molecule has 0 aliphatic heterocycles. The first-order chi connectivity index (χ1) is 8.23. The summed E-state index contributed by atoms with van der Waals surface area (Å²) in [4.78, 5) is 0. The highest BCUT2D eigenvalue weighted by molar-refractivity contribution is 4.87. The van der Waals surface area contributed by atoms with Crippen LogP contribution in [0.2, 0.25) is 0 Å². The van der Waals surface area contributed by atoms with Gasteiger partial charge in [-0.3, -0.25) is 0 Å². The minimum absolute atomic E-state index is 0.399. The van der Waals surface area contributed by atoms with Crippen molar-refractivity contribution in [2.45, 2.75) is 39.3 Å². The van der Waals surface area contributed by atoms with Crippen molar-refractivity contribution in [3.63, 3.8) is 0 Å². The van der Waals surface area contributed by atoms with Gasteiger partial charge < -0.3 is 10.1 Å². The van der Waals surface area contributed by atoms with Crippen LogP contribution in [0.15, 0.2) is 0 Å². The van der Waals surface area contributed by atoms with Crippen LogP contribution in [-0.2, 0) is 17.8 Å². The lowest BCUT2D eigenvalue weighted by atomic mass is 9.70. The zero-order chi connectivity index (χ0) is 12.1. The zero-order valence-electron chi connectivity index (χ0n) is 10.6. The van der Waals surface area contributed by atoms with Gasteiger partial charge in [0.15, 0.2) is 5.82 Å². The number of rotatable bonds is 7. The number of nitrogens with one attached hydrogen (secondary N) is 1. The van der Waals surface area contributed by atoms with Crippen LogP contribution in [0.5, 0.6) is 0 Å². The molecule has 0 radical (unpaired) electrons. The average molecular weight is 239 g/mol. The third-order valence-electron chi connectivity index (χ3n) is 3.46. The molecule has 0 aromatic carbocycles. The molecule has 1 aliphatic rings. The number of hydrogen-bond acceptors (Lipinski definition) is 5. The highest BCUT2D eigenvalue weighted by Gasteiger charge is 2.33. The lowest BCUT2D eigenvalue weighted by Gasteiger charge is -2.38. The fraction of sp³-hybridized carbons (Fsp3) is 0.909. The number of aromatic nitrogens is 4. The Hall–Kier alpha value is -1.01. The Bertz CT molecular complexity index is 347. The maximum Gasteiger partial charge on any atom is 0.165 e. The summed E-state index contributed by atoms with van der Waals surface area (Å²) >= 11 is 0. The summed E-state index contributed by atoms with van der Waals surface area (Å²) < 4.78 is 6.91. The van der Waals surface area contributed by atoms with E-state index in [1.165, 1.54) is 19.3 Å². The van der Waals surface area contributed by atoms with Gasteiger partial charge >= 0.3 is 0 Å². The normalized spacial score (nSPS) is 18.0. The van der Waals surface area contributed by atoms with E-state index in [0.717, 1.165) is 18.9 Å². The second-order valence-corrected chi connectivity index (χ2v) is 5.09. The predicted molar refractivity (Wildman–Crippen MR) is 63.4 cm³/mol. The molecule has 96 valence electrons. The van der Waals surface area contributed by atoms with Gasteiger partial charge in [0.1, 0.15) is 0 Å². The fourth-order valence-electron chi connectivity index (χ4n) is 2.15. The second-order valence-electron chi connectivity index (χ2n) is 5.09. The highest BCUT2D eigenvalue weighted by atomic mass is 16.5. The summed E-state index contributed by atoms with van der Waals surface area (Å²) in [7, 11) is 1.70. The molecule has 0 amide bonds. The van der Waals surface area contributed by atoms with Gasteiger partial charge in [-0.15, -0.1) is 5.10 Å². The summed E-state index contributed by atoms with van der Waals surface area (Å²) in [6.07, 6.45) is 3.90. The SMILES string of the molecule is COCCNCc1nnnn1CC1(C)CCC1. The van der Waals surface area contributed by atoms with Crippen LogP contribution < -0.4 is 5.32 Å². The number of methoxy groups -OCH3 is 1. The van der Waals surface area contributed by atoms with Gasteiger partial charge in [-0.2, -0.15) is 0 Å². The Kier molecular flexibility index (Phi) is 4.06. The first-order valence-corrected chi connectivity index (χ1v) is 6.18. The van der Waals surface area contributed by atoms with Gasteiger partial charge in [-0.25, -0.2) is 4.68 Å². The minimum Gasteiger partial charge on any atom is -0.383 e. The van der Waals surface area contributed by atoms with E-state index in [0.29, 0.717) is 18.6 Å². The summed E-state index contributed by atoms with van der Waals surface area (Å²) in [5, 5.41) is 15.1. The molecule has 1 fully saturated rings. The van der Waals surface area contributed by atoms with Crippen LogP contribution in [-0.4, -0.2) is 40.5 Å². The molecule has 1 aliphatic carbocycles. The van der Waals surface area contributed by atoms with E-state index < -0.39 is 0 Å². The average Bonchev–Trinajstić information content (AvgIpc) is 2.70. The molecule has 0 atom stereocenters. The molecular weight excluding hydrogens is 218 g/mol. The van der Waals surface area contributed by atoms with Gasteiger partial charge in [-0.1, -0.05) is 13.3 Å². The molecular formula is C11H21N5O. The van der Waals surface area contributed by atoms with Crippen molar-refractivity contribution >= 4 is 0 Å². The van der Waals surface area contributed by atoms with E-state index in [2.05, 4.69) is 27.8 Å². The van der Waals surface area contributed by atoms with Gasteiger partial charge in [0, 0.05) is 13.7 Å². The van der Waals surface area contributed by atoms with Crippen LogP contribution in [0, 0.1) is 5.41 Å². The maximum atomic E-state index is 4.98. The van der Waals surface area contributed by atoms with Crippen LogP contribution in [0.1, 0.15) is 32.0 Å². The molecule has 0 unspecified atom stereocenters. The van der Waals surface area contributed by atoms with Crippen LogP contribution in [0.4, 0.5) is 0 Å². The first-order valence-electron chi connectivity index (χ1n) is 6.18. The van der Waals surface area contributed by atoms with Crippen molar-refractivity contribution in [3.8, 4) is 0 Å². The van der Waals surface area contributed by atoms with E-state index >= 15 is 0 Å². The first kappa shape index (κ1) is 12.4. The third-order valence-corrected chi connectivity index (χ3v) is 3.46. The number of nitrogens with zero attached hydrogens (tertiary/aromatic N) is 4. The van der Waals surface area contributed by atoms with E-state index in [1.807, 2.05) is 4.68 Å². The standard InChI is InChI=1S/C11H21N5O/c1-11(4-3-5-11)9-16-10(13-14-15-16)8-12-6-7-17-2/h12H,3-9H2,1-2H3. The Balaban J connectivity index is 1.83. The summed E-state index contributed by atoms with van der Waals surface area (Å²) in [5.74, 6) is 0.911. The largest absolute Gasteiger partial charge is 0.383 e. The van der Waals surface area contributed by atoms with Crippen molar-refractivity contribution < 1.29 is 4.74 Å². The Morgan fingerprint density at radius 2 is 2.29 bits per heavy atom. The van der Waals surface area contributed by atoms with E-state index in [4.69, 9.17) is 4.74 Å². The monoisotopic (exact) mass is 239 g/mol. The van der Waals surface area contributed by atoms with E-state index in [9.17, 15) is 0 Å². The van der Waals surface area contributed by atoms with Crippen molar-refractivity contribution in [1.82, 2.24) is 25.5 Å². The van der Waals surface area contributed by atoms with E-state index in [-0.39, 0.29) is 0 Å². The Morgan fingerprint density at radius 1 is 1.47 bits per heavy atom. The minimum atomic E-state index is 0.399. The second kappa shape index (κ2) is 5.55. The topological polar surface area (TPSA) is 64.9 Å². The van der Waals surface area contributed by atoms with Crippen LogP contribution in [0.25, 0.3) is 0 Å². The maximum absolute atomic E-state index is 4.98. The molecule has 0 saturated heterocycles. The van der Waals surface area contributed by atoms with Crippen molar-refractivity contribution in [2.75, 3.05) is 20.3 Å². The fourth-order valence-corrected chi connectivity index (χ4v) is 2.15. The highest BCUT2D eigenvalue weighted by Crippen LogP contribution is 2.41. The number of hydrogen-bond donors (Lipinski definition) is 1. The van der Waals surface area contributed by atoms with Gasteiger partial charge in [0.25, 0.3) is 0 Å². The van der Waals surface area contributed by atoms with Crippen molar-refractivity contribution in [2.24, 2.45) is 5.41 Å².